The average molecular weight is 431 g/mol. The Morgan fingerprint density at radius 3 is 1.53 bits per heavy atom. The highest BCUT2D eigenvalue weighted by Gasteiger charge is 2.34. The molecule has 0 saturated carbocycles. The van der Waals surface area contributed by atoms with Crippen LogP contribution >= 0.6 is 8.45 Å². The molecule has 0 heterocycles. The molecule has 2 atom stereocenters. The molecule has 2 aromatic carbocycles. The van der Waals surface area contributed by atoms with Crippen molar-refractivity contribution in [2.75, 3.05) is 0 Å². The van der Waals surface area contributed by atoms with Crippen LogP contribution in [0.5, 0.6) is 0 Å². The Balaban J connectivity index is 2.47. The van der Waals surface area contributed by atoms with Gasteiger partial charge in [0.2, 0.25) is 0 Å². The molecule has 0 amide bonds. The Bertz CT molecular complexity index is 770. The molecule has 2 aromatic rings. The van der Waals surface area contributed by atoms with Crippen molar-refractivity contribution in [1.82, 2.24) is 10.2 Å². The molecule has 6 heteroatoms. The van der Waals surface area contributed by atoms with Gasteiger partial charge in [-0.2, -0.15) is 0 Å². The van der Waals surface area contributed by atoms with Crippen LogP contribution in [0.3, 0.4) is 0 Å². The molecule has 0 saturated heterocycles. The molecule has 164 valence electrons. The number of ether oxygens (including phenoxy) is 1. The van der Waals surface area contributed by atoms with Crippen molar-refractivity contribution in [2.45, 2.75) is 71.8 Å². The molecule has 0 spiro atoms. The van der Waals surface area contributed by atoms with Crippen molar-refractivity contribution < 1.29 is 14.1 Å². The Morgan fingerprint density at radius 2 is 1.17 bits per heavy atom. The second-order valence-corrected chi connectivity index (χ2v) is 10.6. The maximum absolute atomic E-state index is 12.0. The van der Waals surface area contributed by atoms with Gasteiger partial charge in [0.15, 0.2) is 14.6 Å². The molecule has 0 fully saturated rings. The van der Waals surface area contributed by atoms with E-state index in [1.54, 1.807) is 0 Å². The molecular formula is C24H35N2O3P. The predicted molar refractivity (Wildman–Crippen MR) is 124 cm³/mol. The van der Waals surface area contributed by atoms with Gasteiger partial charge < -0.3 is 9.26 Å². The summed E-state index contributed by atoms with van der Waals surface area (Å²) in [7, 11) is -1.24. The van der Waals surface area contributed by atoms with E-state index in [9.17, 15) is 4.79 Å². The Labute approximate surface area is 182 Å². The highest BCUT2D eigenvalue weighted by atomic mass is 31.2. The van der Waals surface area contributed by atoms with Crippen molar-refractivity contribution in [1.29, 1.82) is 0 Å². The smallest absolute Gasteiger partial charge is 0.303 e. The summed E-state index contributed by atoms with van der Waals surface area (Å²) in [6.45, 7) is 14.1. The first kappa shape index (κ1) is 24.5. The number of carbonyl (C=O) groups is 1. The topological polar surface area (TPSA) is 59.6 Å². The van der Waals surface area contributed by atoms with Crippen molar-refractivity contribution in [3.8, 4) is 0 Å². The highest BCUT2D eigenvalue weighted by molar-refractivity contribution is 7.48. The molecule has 0 aromatic heterocycles. The van der Waals surface area contributed by atoms with Crippen LogP contribution in [0.2, 0.25) is 0 Å². The fraction of sp³-hybridized carbons (Fsp3) is 0.458. The van der Waals surface area contributed by atoms with E-state index < -0.39 is 20.7 Å². The third-order valence-electron chi connectivity index (χ3n) is 3.92. The summed E-state index contributed by atoms with van der Waals surface area (Å²) in [5.74, 6) is -0.342. The lowest BCUT2D eigenvalue weighted by molar-refractivity contribution is -0.152. The molecular weight excluding hydrogens is 395 g/mol. The van der Waals surface area contributed by atoms with Crippen LogP contribution in [-0.2, 0) is 14.1 Å². The van der Waals surface area contributed by atoms with Gasteiger partial charge in [-0.05, 0) is 52.7 Å². The van der Waals surface area contributed by atoms with Crippen LogP contribution in [-0.4, -0.2) is 17.0 Å². The van der Waals surface area contributed by atoms with Crippen molar-refractivity contribution in [3.05, 3.63) is 71.8 Å². The third kappa shape index (κ3) is 8.53. The van der Waals surface area contributed by atoms with Gasteiger partial charge in [-0.25, -0.2) is 0 Å². The normalized spacial score (nSPS) is 14.4. The zero-order chi connectivity index (χ0) is 22.4. The number of rotatable bonds is 8. The van der Waals surface area contributed by atoms with Crippen LogP contribution in [0, 0.1) is 0 Å². The van der Waals surface area contributed by atoms with Crippen LogP contribution in [0.15, 0.2) is 60.7 Å². The Kier molecular flexibility index (Phi) is 8.57. The quantitative estimate of drug-likeness (QED) is 0.394. The molecule has 0 aliphatic rings. The van der Waals surface area contributed by atoms with E-state index in [0.717, 1.165) is 11.1 Å². The highest BCUT2D eigenvalue weighted by Crippen LogP contribution is 2.45. The van der Waals surface area contributed by atoms with Crippen LogP contribution in [0.25, 0.3) is 0 Å². The van der Waals surface area contributed by atoms with Gasteiger partial charge in [0, 0.05) is 18.0 Å². The number of esters is 1. The van der Waals surface area contributed by atoms with E-state index in [2.05, 4.69) is 51.7 Å². The number of benzene rings is 2. The summed E-state index contributed by atoms with van der Waals surface area (Å²) >= 11 is 0. The van der Waals surface area contributed by atoms with Crippen molar-refractivity contribution in [2.24, 2.45) is 0 Å². The number of nitrogens with one attached hydrogen (secondary N) is 2. The lowest BCUT2D eigenvalue weighted by Crippen LogP contribution is -2.42. The molecule has 2 N–H and O–H groups in total. The van der Waals surface area contributed by atoms with E-state index in [1.807, 2.05) is 60.7 Å². The van der Waals surface area contributed by atoms with Gasteiger partial charge in [-0.15, -0.1) is 0 Å². The van der Waals surface area contributed by atoms with Gasteiger partial charge in [-0.1, -0.05) is 60.7 Å². The third-order valence-corrected chi connectivity index (χ3v) is 6.10. The zero-order valence-corrected chi connectivity index (χ0v) is 20.0. The minimum absolute atomic E-state index is 0.158. The van der Waals surface area contributed by atoms with Crippen molar-refractivity contribution >= 4 is 14.4 Å². The minimum atomic E-state index is -1.24. The van der Waals surface area contributed by atoms with Crippen molar-refractivity contribution in [3.63, 3.8) is 0 Å². The van der Waals surface area contributed by atoms with Gasteiger partial charge in [-0.3, -0.25) is 15.0 Å². The van der Waals surface area contributed by atoms with Gasteiger partial charge in [0.1, 0.15) is 6.10 Å². The molecule has 0 aliphatic carbocycles. The minimum Gasteiger partial charge on any atom is -0.454 e. The summed E-state index contributed by atoms with van der Waals surface area (Å²) in [5, 5.41) is 7.13. The molecule has 0 bridgehead atoms. The molecule has 2 rings (SSSR count). The Morgan fingerprint density at radius 1 is 0.767 bits per heavy atom. The van der Waals surface area contributed by atoms with Gasteiger partial charge >= 0.3 is 5.97 Å². The van der Waals surface area contributed by atoms with Crippen LogP contribution < -0.4 is 10.2 Å². The van der Waals surface area contributed by atoms with E-state index in [1.165, 1.54) is 6.92 Å². The summed E-state index contributed by atoms with van der Waals surface area (Å²) in [5.41, 5.74) is 1.53. The molecule has 2 unspecified atom stereocenters. The molecule has 0 radical (unpaired) electrons. The van der Waals surface area contributed by atoms with E-state index in [0.29, 0.717) is 0 Å². The summed E-state index contributed by atoms with van der Waals surface area (Å²) < 4.78 is 12.5. The maximum Gasteiger partial charge on any atom is 0.303 e. The monoisotopic (exact) mass is 430 g/mol. The number of hydrogen-bond acceptors (Lipinski definition) is 5. The van der Waals surface area contributed by atoms with Crippen LogP contribution in [0.1, 0.15) is 71.8 Å². The fourth-order valence-electron chi connectivity index (χ4n) is 2.86. The summed E-state index contributed by atoms with van der Waals surface area (Å²) in [6, 6.07) is 19.7. The van der Waals surface area contributed by atoms with Gasteiger partial charge in [0.05, 0.1) is 0 Å². The molecule has 0 aliphatic heterocycles. The first-order chi connectivity index (χ1) is 13.9. The predicted octanol–water partition coefficient (Wildman–Crippen LogP) is 6.05. The fourth-order valence-corrected chi connectivity index (χ4v) is 4.70. The van der Waals surface area contributed by atoms with E-state index >= 15 is 0 Å². The zero-order valence-electron chi connectivity index (χ0n) is 19.1. The van der Waals surface area contributed by atoms with Crippen LogP contribution in [0.4, 0.5) is 0 Å². The second kappa shape index (κ2) is 10.5. The van der Waals surface area contributed by atoms with E-state index in [4.69, 9.17) is 9.26 Å². The number of hydrogen-bond donors (Lipinski definition) is 2. The SMILES string of the molecule is CC(=O)OC(c1ccccc1)C(OP(NC(C)(C)C)NC(C)(C)C)c1ccccc1. The largest absolute Gasteiger partial charge is 0.454 e. The number of carbonyl (C=O) groups excluding carboxylic acids is 1. The summed E-state index contributed by atoms with van der Waals surface area (Å²) in [6.07, 6.45) is -1.05. The maximum atomic E-state index is 12.0. The average Bonchev–Trinajstić information content (AvgIpc) is 2.63. The first-order valence-corrected chi connectivity index (χ1v) is 11.5. The van der Waals surface area contributed by atoms with E-state index in [-0.39, 0.29) is 17.0 Å². The lowest BCUT2D eigenvalue weighted by atomic mass is 9.98. The first-order valence-electron chi connectivity index (χ1n) is 10.2. The molecule has 30 heavy (non-hydrogen) atoms. The second-order valence-electron chi connectivity index (χ2n) is 9.40. The summed E-state index contributed by atoms with van der Waals surface area (Å²) in [4.78, 5) is 12.0. The molecule has 5 nitrogen and oxygen atoms in total. The standard InChI is InChI=1S/C24H35N2O3P/c1-18(27)28-21(19-14-10-8-11-15-19)22(20-16-12-9-13-17-20)29-30(25-23(2,3)4)26-24(5,6)7/h8-17,21-22,25-26H,1-7H3. The lowest BCUT2D eigenvalue weighted by Gasteiger charge is -2.37. The van der Waals surface area contributed by atoms with Gasteiger partial charge in [0.25, 0.3) is 0 Å². The Hall–Kier alpha value is -1.78.